The fourth-order valence-corrected chi connectivity index (χ4v) is 1.75. The Morgan fingerprint density at radius 3 is 2.45 bits per heavy atom. The van der Waals surface area contributed by atoms with Crippen LogP contribution in [0.2, 0.25) is 0 Å². The molecule has 0 spiro atoms. The SMILES string of the molecule is Cc1cc(OCc2ccccn2)ccc1[B-](F)(F)F.[K+]. The van der Waals surface area contributed by atoms with Crippen LogP contribution in [0.25, 0.3) is 0 Å². The van der Waals surface area contributed by atoms with Crippen LogP contribution in [0.15, 0.2) is 42.6 Å². The van der Waals surface area contributed by atoms with Crippen LogP contribution in [-0.2, 0) is 6.61 Å². The van der Waals surface area contributed by atoms with Crippen LogP contribution < -0.4 is 61.6 Å². The zero-order chi connectivity index (χ0) is 13.9. The molecule has 1 aromatic carbocycles. The molecule has 2 rings (SSSR count). The maximum atomic E-state index is 12.6. The van der Waals surface area contributed by atoms with Gasteiger partial charge in [0.05, 0.1) is 5.69 Å². The van der Waals surface area contributed by atoms with Crippen LogP contribution in [-0.4, -0.2) is 12.0 Å². The van der Waals surface area contributed by atoms with E-state index in [-0.39, 0.29) is 63.6 Å². The summed E-state index contributed by atoms with van der Waals surface area (Å²) in [6, 6.07) is 9.19. The largest absolute Gasteiger partial charge is 1.00 e. The van der Waals surface area contributed by atoms with Gasteiger partial charge in [-0.1, -0.05) is 17.7 Å². The van der Waals surface area contributed by atoms with Gasteiger partial charge in [-0.15, -0.1) is 5.46 Å². The van der Waals surface area contributed by atoms with Crippen LogP contribution in [0.1, 0.15) is 11.3 Å². The summed E-state index contributed by atoms with van der Waals surface area (Å²) in [6.45, 7) is -3.31. The molecule has 1 aromatic heterocycles. The third-order valence-corrected chi connectivity index (χ3v) is 2.71. The number of ether oxygens (including phenoxy) is 1. The third kappa shape index (κ3) is 4.89. The summed E-state index contributed by atoms with van der Waals surface area (Å²) < 4.78 is 43.3. The van der Waals surface area contributed by atoms with Gasteiger partial charge in [-0.25, -0.2) is 0 Å². The molecule has 0 N–H and O–H groups in total. The van der Waals surface area contributed by atoms with E-state index in [0.717, 1.165) is 11.8 Å². The Morgan fingerprint density at radius 2 is 1.90 bits per heavy atom. The molecule has 0 aliphatic carbocycles. The van der Waals surface area contributed by atoms with Crippen LogP contribution >= 0.6 is 0 Å². The Morgan fingerprint density at radius 1 is 1.15 bits per heavy atom. The van der Waals surface area contributed by atoms with Gasteiger partial charge in [-0.05, 0) is 31.2 Å². The Labute approximate surface area is 158 Å². The average Bonchev–Trinajstić information content (AvgIpc) is 2.36. The Bertz CT molecular complexity index is 563. The molecule has 0 saturated heterocycles. The summed E-state index contributed by atoms with van der Waals surface area (Å²) in [4.78, 5) is 4.07. The first kappa shape index (κ1) is 17.7. The Balaban J connectivity index is 0.00000200. The standard InChI is InChI=1S/C13H12BF3NO.K/c1-10-8-12(5-6-13(10)14(15,16)17)19-9-11-4-2-3-7-18-11;/h2-8H,9H2,1H3;/q-1;+1. The van der Waals surface area contributed by atoms with E-state index in [1.54, 1.807) is 18.3 Å². The quantitative estimate of drug-likeness (QED) is 0.744. The number of aryl methyl sites for hydroxylation is 1. The summed E-state index contributed by atoms with van der Waals surface area (Å²) in [7, 11) is 0. The molecular formula is C13H12BF3KNO. The predicted octanol–water partition coefficient (Wildman–Crippen LogP) is 0.0274. The monoisotopic (exact) mass is 305 g/mol. The molecule has 1 heterocycles. The molecule has 0 fully saturated rings. The van der Waals surface area contributed by atoms with Gasteiger partial charge in [-0.3, -0.25) is 4.98 Å². The van der Waals surface area contributed by atoms with Gasteiger partial charge >= 0.3 is 58.4 Å². The first-order valence-corrected chi connectivity index (χ1v) is 5.80. The minimum atomic E-state index is -4.97. The molecule has 0 bridgehead atoms. The smallest absolute Gasteiger partial charge is 0.487 e. The molecule has 100 valence electrons. The maximum Gasteiger partial charge on any atom is 1.00 e. The summed E-state index contributed by atoms with van der Waals surface area (Å²) in [5.41, 5.74) is 0.320. The topological polar surface area (TPSA) is 22.1 Å². The van der Waals surface area contributed by atoms with Gasteiger partial charge in [0.1, 0.15) is 12.4 Å². The Hall–Kier alpha value is -0.339. The molecule has 0 aliphatic rings. The molecular weight excluding hydrogens is 293 g/mol. The van der Waals surface area contributed by atoms with Crippen molar-refractivity contribution in [1.82, 2.24) is 4.98 Å². The number of benzene rings is 1. The number of halogens is 3. The van der Waals surface area contributed by atoms with E-state index < -0.39 is 12.4 Å². The van der Waals surface area contributed by atoms with Gasteiger partial charge in [0.2, 0.25) is 0 Å². The second-order valence-corrected chi connectivity index (χ2v) is 4.20. The Kier molecular flexibility index (Phi) is 6.74. The summed E-state index contributed by atoms with van der Waals surface area (Å²) in [6.07, 6.45) is 1.64. The summed E-state index contributed by atoms with van der Waals surface area (Å²) >= 11 is 0. The van der Waals surface area contributed by atoms with Crippen LogP contribution in [0.5, 0.6) is 5.75 Å². The molecule has 2 aromatic rings. The van der Waals surface area contributed by atoms with E-state index >= 15 is 0 Å². The van der Waals surface area contributed by atoms with E-state index in [4.69, 9.17) is 4.74 Å². The van der Waals surface area contributed by atoms with Gasteiger partial charge in [0.15, 0.2) is 0 Å². The van der Waals surface area contributed by atoms with Gasteiger partial charge in [-0.2, -0.15) is 0 Å². The molecule has 0 saturated carbocycles. The molecule has 0 aliphatic heterocycles. The van der Waals surface area contributed by atoms with Gasteiger partial charge in [0, 0.05) is 6.20 Å². The molecule has 0 atom stereocenters. The second kappa shape index (κ2) is 7.61. The first-order chi connectivity index (χ1) is 8.97. The fraction of sp³-hybridized carbons (Fsp3) is 0.154. The maximum absolute atomic E-state index is 12.6. The second-order valence-electron chi connectivity index (χ2n) is 4.20. The summed E-state index contributed by atoms with van der Waals surface area (Å²) in [5, 5.41) is 0. The normalized spacial score (nSPS) is 10.8. The van der Waals surface area contributed by atoms with Crippen molar-refractivity contribution in [3.8, 4) is 5.75 Å². The van der Waals surface area contributed by atoms with Crippen molar-refractivity contribution in [3.05, 3.63) is 53.9 Å². The third-order valence-electron chi connectivity index (χ3n) is 2.71. The first-order valence-electron chi connectivity index (χ1n) is 5.80. The van der Waals surface area contributed by atoms with E-state index in [1.165, 1.54) is 19.1 Å². The van der Waals surface area contributed by atoms with Crippen LogP contribution in [0.4, 0.5) is 12.9 Å². The fourth-order valence-electron chi connectivity index (χ4n) is 1.75. The van der Waals surface area contributed by atoms with Crippen LogP contribution in [0, 0.1) is 6.92 Å². The van der Waals surface area contributed by atoms with Crippen molar-refractivity contribution < 1.29 is 69.1 Å². The van der Waals surface area contributed by atoms with Crippen molar-refractivity contribution >= 4 is 12.4 Å². The van der Waals surface area contributed by atoms with Crippen molar-refractivity contribution in [2.24, 2.45) is 0 Å². The number of hydrogen-bond acceptors (Lipinski definition) is 2. The van der Waals surface area contributed by atoms with Crippen molar-refractivity contribution in [1.29, 1.82) is 0 Å². The van der Waals surface area contributed by atoms with Crippen molar-refractivity contribution in [2.75, 3.05) is 0 Å². The van der Waals surface area contributed by atoms with E-state index in [1.807, 2.05) is 6.07 Å². The van der Waals surface area contributed by atoms with Gasteiger partial charge in [0.25, 0.3) is 0 Å². The molecule has 0 unspecified atom stereocenters. The number of pyridine rings is 1. The number of aromatic nitrogens is 1. The number of hydrogen-bond donors (Lipinski definition) is 0. The minimum Gasteiger partial charge on any atom is -0.487 e. The average molecular weight is 305 g/mol. The van der Waals surface area contributed by atoms with Crippen LogP contribution in [0.3, 0.4) is 0 Å². The zero-order valence-corrected chi connectivity index (χ0v) is 14.4. The number of nitrogens with zero attached hydrogens (tertiary/aromatic N) is 1. The van der Waals surface area contributed by atoms with Crippen molar-refractivity contribution in [3.63, 3.8) is 0 Å². The number of rotatable bonds is 4. The minimum absolute atomic E-state index is 0. The van der Waals surface area contributed by atoms with E-state index in [0.29, 0.717) is 5.75 Å². The molecule has 2 nitrogen and oxygen atoms in total. The molecule has 0 radical (unpaired) electrons. The molecule has 7 heteroatoms. The predicted molar refractivity (Wildman–Crippen MR) is 68.5 cm³/mol. The van der Waals surface area contributed by atoms with E-state index in [2.05, 4.69) is 4.98 Å². The van der Waals surface area contributed by atoms with Gasteiger partial charge < -0.3 is 17.7 Å². The molecule has 0 amide bonds. The summed E-state index contributed by atoms with van der Waals surface area (Å²) in [5.74, 6) is 0.409. The van der Waals surface area contributed by atoms with Crippen molar-refractivity contribution in [2.45, 2.75) is 13.5 Å². The molecule has 20 heavy (non-hydrogen) atoms. The zero-order valence-electron chi connectivity index (χ0n) is 11.3. The van der Waals surface area contributed by atoms with E-state index in [9.17, 15) is 12.9 Å².